The molecule has 25 heavy (non-hydrogen) atoms. The quantitative estimate of drug-likeness (QED) is 0.430. The van der Waals surface area contributed by atoms with Crippen LogP contribution in [0.3, 0.4) is 0 Å². The Morgan fingerprint density at radius 3 is 3.04 bits per heavy atom. The number of aromatic nitrogens is 1. The molecule has 2 heterocycles. The Balaban J connectivity index is 1.67. The number of nitrogens with zero attached hydrogens (tertiary/aromatic N) is 3. The van der Waals surface area contributed by atoms with E-state index in [2.05, 4.69) is 32.4 Å². The van der Waals surface area contributed by atoms with Crippen molar-refractivity contribution in [1.29, 1.82) is 0 Å². The third-order valence-electron chi connectivity index (χ3n) is 4.63. The van der Waals surface area contributed by atoms with Crippen molar-refractivity contribution in [3.63, 3.8) is 0 Å². The summed E-state index contributed by atoms with van der Waals surface area (Å²) in [6.07, 6.45) is 6.97. The van der Waals surface area contributed by atoms with Gasteiger partial charge in [0, 0.05) is 45.0 Å². The molecule has 2 N–H and O–H groups in total. The lowest BCUT2D eigenvalue weighted by molar-refractivity contribution is 0.159. The zero-order valence-corrected chi connectivity index (χ0v) is 15.9. The molecule has 1 unspecified atom stereocenters. The van der Waals surface area contributed by atoms with Crippen molar-refractivity contribution < 1.29 is 4.74 Å². The van der Waals surface area contributed by atoms with Crippen molar-refractivity contribution in [3.05, 3.63) is 23.9 Å². The van der Waals surface area contributed by atoms with Crippen LogP contribution in [0.25, 0.3) is 0 Å². The molecule has 1 saturated heterocycles. The van der Waals surface area contributed by atoms with Gasteiger partial charge in [0.15, 0.2) is 5.96 Å². The summed E-state index contributed by atoms with van der Waals surface area (Å²) in [6, 6.07) is 4.68. The van der Waals surface area contributed by atoms with Crippen LogP contribution >= 0.6 is 0 Å². The van der Waals surface area contributed by atoms with E-state index in [1.807, 2.05) is 19.1 Å². The number of ether oxygens (including phenoxy) is 1. The van der Waals surface area contributed by atoms with E-state index < -0.39 is 0 Å². The van der Waals surface area contributed by atoms with Gasteiger partial charge in [0.05, 0.1) is 6.61 Å². The Morgan fingerprint density at radius 2 is 2.28 bits per heavy atom. The Labute approximate surface area is 152 Å². The summed E-state index contributed by atoms with van der Waals surface area (Å²) < 4.78 is 5.44. The Kier molecular flexibility index (Phi) is 8.52. The molecule has 0 radical (unpaired) electrons. The minimum atomic E-state index is 0.628. The van der Waals surface area contributed by atoms with Crippen LogP contribution in [0.4, 0.5) is 0 Å². The van der Waals surface area contributed by atoms with Crippen LogP contribution in [0.5, 0.6) is 5.88 Å². The number of piperidine rings is 1. The molecular formula is C19H33N5O. The molecule has 0 saturated carbocycles. The van der Waals surface area contributed by atoms with Crippen molar-refractivity contribution in [2.45, 2.75) is 52.1 Å². The average molecular weight is 348 g/mol. The molecule has 0 amide bonds. The van der Waals surface area contributed by atoms with Crippen LogP contribution in [0, 0.1) is 0 Å². The fourth-order valence-electron chi connectivity index (χ4n) is 3.17. The SMILES string of the molecule is CCOc1cc(CNC(=NC)NCCCN2CCCCC2C)ccn1. The van der Waals surface area contributed by atoms with Gasteiger partial charge in [0.1, 0.15) is 0 Å². The lowest BCUT2D eigenvalue weighted by atomic mass is 10.0. The molecule has 0 aromatic carbocycles. The lowest BCUT2D eigenvalue weighted by Gasteiger charge is -2.33. The van der Waals surface area contributed by atoms with E-state index in [0.717, 1.165) is 37.1 Å². The van der Waals surface area contributed by atoms with Gasteiger partial charge < -0.3 is 20.3 Å². The van der Waals surface area contributed by atoms with Crippen molar-refractivity contribution in [3.8, 4) is 5.88 Å². The summed E-state index contributed by atoms with van der Waals surface area (Å²) in [7, 11) is 1.81. The Bertz CT molecular complexity index is 534. The molecule has 1 aromatic heterocycles. The second-order valence-corrected chi connectivity index (χ2v) is 6.52. The van der Waals surface area contributed by atoms with Gasteiger partial charge in [-0.3, -0.25) is 4.99 Å². The summed E-state index contributed by atoms with van der Waals surface area (Å²) in [4.78, 5) is 11.1. The molecule has 6 nitrogen and oxygen atoms in total. The highest BCUT2D eigenvalue weighted by Crippen LogP contribution is 2.16. The molecule has 6 heteroatoms. The summed E-state index contributed by atoms with van der Waals surface area (Å²) in [5.41, 5.74) is 1.13. The molecule has 2 rings (SSSR count). The molecule has 1 aliphatic rings. The lowest BCUT2D eigenvalue weighted by Crippen LogP contribution is -2.41. The van der Waals surface area contributed by atoms with Gasteiger partial charge in [-0.15, -0.1) is 0 Å². The number of hydrogen-bond acceptors (Lipinski definition) is 4. The van der Waals surface area contributed by atoms with E-state index in [9.17, 15) is 0 Å². The topological polar surface area (TPSA) is 61.8 Å². The first-order valence-corrected chi connectivity index (χ1v) is 9.49. The summed E-state index contributed by atoms with van der Waals surface area (Å²) in [6.45, 7) is 8.98. The summed E-state index contributed by atoms with van der Waals surface area (Å²) in [5.74, 6) is 1.50. The van der Waals surface area contributed by atoms with Crippen LogP contribution in [0.2, 0.25) is 0 Å². The first-order valence-electron chi connectivity index (χ1n) is 9.49. The predicted octanol–water partition coefficient (Wildman–Crippen LogP) is 2.41. The van der Waals surface area contributed by atoms with Crippen LogP contribution in [-0.2, 0) is 6.54 Å². The first kappa shape index (κ1) is 19.5. The van der Waals surface area contributed by atoms with E-state index in [4.69, 9.17) is 4.74 Å². The highest BCUT2D eigenvalue weighted by atomic mass is 16.5. The van der Waals surface area contributed by atoms with E-state index >= 15 is 0 Å². The zero-order chi connectivity index (χ0) is 17.9. The van der Waals surface area contributed by atoms with E-state index in [-0.39, 0.29) is 0 Å². The predicted molar refractivity (Wildman–Crippen MR) is 103 cm³/mol. The van der Waals surface area contributed by atoms with Crippen molar-refractivity contribution >= 4 is 5.96 Å². The largest absolute Gasteiger partial charge is 0.478 e. The van der Waals surface area contributed by atoms with Gasteiger partial charge in [0.2, 0.25) is 5.88 Å². The maximum Gasteiger partial charge on any atom is 0.213 e. The van der Waals surface area contributed by atoms with E-state index in [1.54, 1.807) is 13.2 Å². The second-order valence-electron chi connectivity index (χ2n) is 6.52. The first-order chi connectivity index (χ1) is 12.2. The zero-order valence-electron chi connectivity index (χ0n) is 15.9. The van der Waals surface area contributed by atoms with Crippen LogP contribution in [-0.4, -0.2) is 55.2 Å². The third-order valence-corrected chi connectivity index (χ3v) is 4.63. The summed E-state index contributed by atoms with van der Waals surface area (Å²) >= 11 is 0. The number of nitrogens with one attached hydrogen (secondary N) is 2. The molecule has 140 valence electrons. The van der Waals surface area contributed by atoms with Gasteiger partial charge in [-0.1, -0.05) is 6.42 Å². The van der Waals surface area contributed by atoms with Crippen molar-refractivity contribution in [2.24, 2.45) is 4.99 Å². The fourth-order valence-corrected chi connectivity index (χ4v) is 3.17. The third kappa shape index (κ3) is 6.90. The Morgan fingerprint density at radius 1 is 1.40 bits per heavy atom. The number of rotatable bonds is 8. The molecular weight excluding hydrogens is 314 g/mol. The van der Waals surface area contributed by atoms with Gasteiger partial charge in [0.25, 0.3) is 0 Å². The average Bonchev–Trinajstić information content (AvgIpc) is 2.63. The van der Waals surface area contributed by atoms with Crippen LogP contribution in [0.15, 0.2) is 23.3 Å². The van der Waals surface area contributed by atoms with Crippen LogP contribution < -0.4 is 15.4 Å². The standard InChI is InChI=1S/C19H33N5O/c1-4-25-18-14-17(9-11-21-18)15-23-19(20-3)22-10-7-13-24-12-6-5-8-16(24)2/h9,11,14,16H,4-8,10,12-13,15H2,1-3H3,(H2,20,22,23). The monoisotopic (exact) mass is 347 g/mol. The minimum Gasteiger partial charge on any atom is -0.478 e. The molecule has 0 aliphatic carbocycles. The molecule has 1 aromatic rings. The van der Waals surface area contributed by atoms with E-state index in [0.29, 0.717) is 19.0 Å². The number of likely N-dealkylation sites (tertiary alicyclic amines) is 1. The number of pyridine rings is 1. The number of aliphatic imine (C=N–C) groups is 1. The van der Waals surface area contributed by atoms with Gasteiger partial charge in [-0.05, 0) is 51.3 Å². The summed E-state index contributed by atoms with van der Waals surface area (Å²) in [5, 5.41) is 6.74. The highest BCUT2D eigenvalue weighted by molar-refractivity contribution is 5.79. The second kappa shape index (κ2) is 10.9. The van der Waals surface area contributed by atoms with Crippen LogP contribution in [0.1, 0.15) is 45.1 Å². The smallest absolute Gasteiger partial charge is 0.213 e. The normalized spacial score (nSPS) is 18.8. The van der Waals surface area contributed by atoms with Gasteiger partial charge in [-0.2, -0.15) is 0 Å². The van der Waals surface area contributed by atoms with Crippen molar-refractivity contribution in [1.82, 2.24) is 20.5 Å². The maximum absolute atomic E-state index is 5.44. The number of guanidine groups is 1. The van der Waals surface area contributed by atoms with E-state index in [1.165, 1.54) is 25.8 Å². The van der Waals surface area contributed by atoms with Gasteiger partial charge in [-0.25, -0.2) is 4.98 Å². The highest BCUT2D eigenvalue weighted by Gasteiger charge is 2.17. The molecule has 1 atom stereocenters. The molecule has 0 spiro atoms. The Hall–Kier alpha value is -1.82. The molecule has 1 aliphatic heterocycles. The molecule has 1 fully saturated rings. The minimum absolute atomic E-state index is 0.628. The van der Waals surface area contributed by atoms with Crippen molar-refractivity contribution in [2.75, 3.05) is 33.3 Å². The van der Waals surface area contributed by atoms with Gasteiger partial charge >= 0.3 is 0 Å². The molecule has 0 bridgehead atoms. The number of hydrogen-bond donors (Lipinski definition) is 2. The fraction of sp³-hybridized carbons (Fsp3) is 0.684. The maximum atomic E-state index is 5.44.